The van der Waals surface area contributed by atoms with Gasteiger partial charge in [0.1, 0.15) is 18.1 Å². The summed E-state index contributed by atoms with van der Waals surface area (Å²) in [7, 11) is 1.87. The Morgan fingerprint density at radius 1 is 1.46 bits per heavy atom. The molecular formula is C10H15NO2. The normalized spacial score (nSPS) is 10.0. The van der Waals surface area contributed by atoms with Crippen molar-refractivity contribution in [3.8, 4) is 11.5 Å². The fourth-order valence-electron chi connectivity index (χ4n) is 1.02. The highest BCUT2D eigenvalue weighted by molar-refractivity contribution is 5.42. The smallest absolute Gasteiger partial charge is 0.125 e. The number of ether oxygens (including phenoxy) is 1. The van der Waals surface area contributed by atoms with Gasteiger partial charge in [0.05, 0.1) is 0 Å². The second-order valence-corrected chi connectivity index (χ2v) is 2.85. The number of hydrogen-bond acceptors (Lipinski definition) is 3. The molecule has 0 aliphatic carbocycles. The zero-order valence-corrected chi connectivity index (χ0v) is 8.00. The summed E-state index contributed by atoms with van der Waals surface area (Å²) in [6.45, 7) is 3.25. The first kappa shape index (κ1) is 9.86. The molecule has 3 nitrogen and oxygen atoms in total. The van der Waals surface area contributed by atoms with E-state index in [1.54, 1.807) is 12.1 Å². The topological polar surface area (TPSA) is 41.5 Å². The molecule has 0 atom stereocenters. The molecule has 0 heterocycles. The van der Waals surface area contributed by atoms with Crippen LogP contribution < -0.4 is 10.1 Å². The van der Waals surface area contributed by atoms with Crippen molar-refractivity contribution in [3.05, 3.63) is 23.8 Å². The minimum absolute atomic E-state index is 0.280. The maximum Gasteiger partial charge on any atom is 0.125 e. The predicted octanol–water partition coefficient (Wildman–Crippen LogP) is 1.30. The van der Waals surface area contributed by atoms with Gasteiger partial charge in [-0.25, -0.2) is 0 Å². The van der Waals surface area contributed by atoms with Crippen molar-refractivity contribution in [1.29, 1.82) is 0 Å². The van der Waals surface area contributed by atoms with Gasteiger partial charge < -0.3 is 15.2 Å². The Labute approximate surface area is 78.3 Å². The van der Waals surface area contributed by atoms with Crippen LogP contribution in [-0.4, -0.2) is 25.3 Å². The second kappa shape index (κ2) is 4.72. The molecule has 0 aliphatic rings. The SMILES string of the molecule is CNCCOc1cccc(O)c1C. The Hall–Kier alpha value is -1.22. The average Bonchev–Trinajstić information content (AvgIpc) is 2.13. The van der Waals surface area contributed by atoms with E-state index in [4.69, 9.17) is 4.74 Å². The van der Waals surface area contributed by atoms with Crippen LogP contribution >= 0.6 is 0 Å². The molecule has 0 saturated heterocycles. The van der Waals surface area contributed by atoms with Crippen molar-refractivity contribution in [3.63, 3.8) is 0 Å². The standard InChI is InChI=1S/C10H15NO2/c1-8-9(12)4-3-5-10(8)13-7-6-11-2/h3-5,11-12H,6-7H2,1-2H3. The van der Waals surface area contributed by atoms with E-state index in [0.717, 1.165) is 17.9 Å². The van der Waals surface area contributed by atoms with Crippen molar-refractivity contribution < 1.29 is 9.84 Å². The van der Waals surface area contributed by atoms with E-state index in [0.29, 0.717) is 6.61 Å². The molecule has 72 valence electrons. The predicted molar refractivity (Wildman–Crippen MR) is 52.3 cm³/mol. The molecule has 0 spiro atoms. The van der Waals surface area contributed by atoms with E-state index in [1.165, 1.54) is 0 Å². The van der Waals surface area contributed by atoms with Crippen LogP contribution in [0, 0.1) is 6.92 Å². The van der Waals surface area contributed by atoms with Gasteiger partial charge in [0.25, 0.3) is 0 Å². The summed E-state index contributed by atoms with van der Waals surface area (Å²) in [5, 5.41) is 12.3. The number of rotatable bonds is 4. The third-order valence-electron chi connectivity index (χ3n) is 1.87. The fraction of sp³-hybridized carbons (Fsp3) is 0.400. The van der Waals surface area contributed by atoms with Crippen LogP contribution in [0.2, 0.25) is 0 Å². The molecule has 0 saturated carbocycles. The van der Waals surface area contributed by atoms with Gasteiger partial charge in [0, 0.05) is 12.1 Å². The highest BCUT2D eigenvalue weighted by atomic mass is 16.5. The molecule has 2 N–H and O–H groups in total. The van der Waals surface area contributed by atoms with Gasteiger partial charge in [-0.05, 0) is 26.1 Å². The minimum atomic E-state index is 0.280. The van der Waals surface area contributed by atoms with Gasteiger partial charge in [-0.15, -0.1) is 0 Å². The van der Waals surface area contributed by atoms with Crippen LogP contribution in [0.15, 0.2) is 18.2 Å². The number of benzene rings is 1. The van der Waals surface area contributed by atoms with Gasteiger partial charge in [-0.1, -0.05) is 6.07 Å². The third-order valence-corrected chi connectivity index (χ3v) is 1.87. The van der Waals surface area contributed by atoms with Crippen LogP contribution in [-0.2, 0) is 0 Å². The minimum Gasteiger partial charge on any atom is -0.508 e. The van der Waals surface area contributed by atoms with E-state index in [1.807, 2.05) is 20.0 Å². The van der Waals surface area contributed by atoms with Gasteiger partial charge in [0.2, 0.25) is 0 Å². The molecule has 1 aromatic rings. The molecule has 0 unspecified atom stereocenters. The summed E-state index contributed by atoms with van der Waals surface area (Å²) in [4.78, 5) is 0. The first-order chi connectivity index (χ1) is 6.25. The Morgan fingerprint density at radius 2 is 2.23 bits per heavy atom. The van der Waals surface area contributed by atoms with Crippen LogP contribution in [0.5, 0.6) is 11.5 Å². The molecule has 0 radical (unpaired) electrons. The summed E-state index contributed by atoms with van der Waals surface area (Å²) in [5.41, 5.74) is 0.790. The van der Waals surface area contributed by atoms with Crippen molar-refractivity contribution in [1.82, 2.24) is 5.32 Å². The van der Waals surface area contributed by atoms with Gasteiger partial charge in [-0.3, -0.25) is 0 Å². The molecule has 1 aromatic carbocycles. The summed E-state index contributed by atoms with van der Waals surface area (Å²) in [5.74, 6) is 1.03. The number of phenolic OH excluding ortho intramolecular Hbond substituents is 1. The lowest BCUT2D eigenvalue weighted by molar-refractivity contribution is 0.314. The largest absolute Gasteiger partial charge is 0.508 e. The highest BCUT2D eigenvalue weighted by Gasteiger charge is 2.02. The number of likely N-dealkylation sites (N-methyl/N-ethyl adjacent to an activating group) is 1. The van der Waals surface area contributed by atoms with Crippen LogP contribution in [0.4, 0.5) is 0 Å². The molecule has 0 fully saturated rings. The lowest BCUT2D eigenvalue weighted by Crippen LogP contribution is -2.16. The van der Waals surface area contributed by atoms with Gasteiger partial charge in [0.15, 0.2) is 0 Å². The Kier molecular flexibility index (Phi) is 3.58. The first-order valence-electron chi connectivity index (χ1n) is 4.31. The van der Waals surface area contributed by atoms with Crippen molar-refractivity contribution in [2.24, 2.45) is 0 Å². The van der Waals surface area contributed by atoms with Crippen molar-refractivity contribution in [2.45, 2.75) is 6.92 Å². The average molecular weight is 181 g/mol. The molecule has 3 heteroatoms. The molecule has 0 amide bonds. The molecule has 13 heavy (non-hydrogen) atoms. The first-order valence-corrected chi connectivity index (χ1v) is 4.31. The van der Waals surface area contributed by atoms with Crippen LogP contribution in [0.3, 0.4) is 0 Å². The fourth-order valence-corrected chi connectivity index (χ4v) is 1.02. The molecular weight excluding hydrogens is 166 g/mol. The second-order valence-electron chi connectivity index (χ2n) is 2.85. The maximum atomic E-state index is 9.36. The number of aromatic hydroxyl groups is 1. The lowest BCUT2D eigenvalue weighted by Gasteiger charge is -2.09. The maximum absolute atomic E-state index is 9.36. The quantitative estimate of drug-likeness (QED) is 0.688. The molecule has 0 aliphatic heterocycles. The molecule has 0 aromatic heterocycles. The number of phenols is 1. The van der Waals surface area contributed by atoms with Crippen molar-refractivity contribution >= 4 is 0 Å². The lowest BCUT2D eigenvalue weighted by atomic mass is 10.2. The Morgan fingerprint density at radius 3 is 2.92 bits per heavy atom. The van der Waals surface area contributed by atoms with E-state index >= 15 is 0 Å². The van der Waals surface area contributed by atoms with E-state index in [9.17, 15) is 5.11 Å². The monoisotopic (exact) mass is 181 g/mol. The zero-order valence-electron chi connectivity index (χ0n) is 8.00. The Bertz CT molecular complexity index is 274. The summed E-state index contributed by atoms with van der Waals surface area (Å²) in [6, 6.07) is 5.28. The zero-order chi connectivity index (χ0) is 9.68. The molecule has 1 rings (SSSR count). The highest BCUT2D eigenvalue weighted by Crippen LogP contribution is 2.25. The summed E-state index contributed by atoms with van der Waals surface area (Å²) in [6.07, 6.45) is 0. The van der Waals surface area contributed by atoms with Crippen LogP contribution in [0.25, 0.3) is 0 Å². The van der Waals surface area contributed by atoms with Gasteiger partial charge >= 0.3 is 0 Å². The summed E-state index contributed by atoms with van der Waals surface area (Å²) < 4.78 is 5.44. The van der Waals surface area contributed by atoms with Crippen LogP contribution in [0.1, 0.15) is 5.56 Å². The van der Waals surface area contributed by atoms with Gasteiger partial charge in [-0.2, -0.15) is 0 Å². The number of nitrogens with one attached hydrogen (secondary N) is 1. The van der Waals surface area contributed by atoms with E-state index in [2.05, 4.69) is 5.32 Å². The summed E-state index contributed by atoms with van der Waals surface area (Å²) >= 11 is 0. The van der Waals surface area contributed by atoms with E-state index < -0.39 is 0 Å². The van der Waals surface area contributed by atoms with E-state index in [-0.39, 0.29) is 5.75 Å². The number of hydrogen-bond donors (Lipinski definition) is 2. The third kappa shape index (κ3) is 2.63. The van der Waals surface area contributed by atoms with Crippen molar-refractivity contribution in [2.75, 3.05) is 20.2 Å². The Balaban J connectivity index is 2.61. The molecule has 0 bridgehead atoms.